The van der Waals surface area contributed by atoms with E-state index in [1.165, 1.54) is 12.5 Å². The predicted octanol–water partition coefficient (Wildman–Crippen LogP) is 0.0483. The van der Waals surface area contributed by atoms with Crippen LogP contribution in [0.1, 0.15) is 33.6 Å². The highest BCUT2D eigenvalue weighted by Crippen LogP contribution is 2.15. The van der Waals surface area contributed by atoms with E-state index in [-0.39, 0.29) is 11.1 Å². The summed E-state index contributed by atoms with van der Waals surface area (Å²) in [5.41, 5.74) is 11.7. The molecule has 1 aromatic rings. The smallest absolute Gasteiger partial charge is 0.248 e. The molecule has 0 radical (unpaired) electrons. The van der Waals surface area contributed by atoms with Gasteiger partial charge in [0.25, 0.3) is 0 Å². The number of primary amides is 2. The van der Waals surface area contributed by atoms with Crippen LogP contribution in [0.2, 0.25) is 0 Å². The molecule has 2 amide bonds. The van der Waals surface area contributed by atoms with E-state index in [9.17, 15) is 9.59 Å². The molecule has 1 heterocycles. The van der Waals surface area contributed by atoms with Gasteiger partial charge in [0.15, 0.2) is 0 Å². The van der Waals surface area contributed by atoms with Gasteiger partial charge in [-0.25, -0.2) is 0 Å². The Hall–Kier alpha value is -2.08. The van der Waals surface area contributed by atoms with Gasteiger partial charge in [-0.15, -0.1) is 0 Å². The number of hydrogen-bond donors (Lipinski definition) is 4. The molecule has 0 saturated carbocycles. The summed E-state index contributed by atoms with van der Waals surface area (Å²) in [6.45, 7) is 1.76. The second-order valence-electron chi connectivity index (χ2n) is 4.70. The van der Waals surface area contributed by atoms with Crippen molar-refractivity contribution in [1.29, 1.82) is 0 Å². The van der Waals surface area contributed by atoms with Crippen molar-refractivity contribution in [2.75, 3.05) is 18.4 Å². The Morgan fingerprint density at radius 1 is 1.21 bits per heavy atom. The SMILES string of the molecule is NC(=O)c1cc(NCC2CCCN2)cc(C(N)=O)c1. The van der Waals surface area contributed by atoms with Gasteiger partial charge in [-0.3, -0.25) is 9.59 Å². The van der Waals surface area contributed by atoms with Crippen molar-refractivity contribution in [2.24, 2.45) is 11.5 Å². The molecule has 6 heteroatoms. The molecule has 0 aliphatic carbocycles. The van der Waals surface area contributed by atoms with Crippen molar-refractivity contribution >= 4 is 17.5 Å². The van der Waals surface area contributed by atoms with Crippen LogP contribution in [0.3, 0.4) is 0 Å². The summed E-state index contributed by atoms with van der Waals surface area (Å²) >= 11 is 0. The molecule has 0 aromatic heterocycles. The standard InChI is InChI=1S/C13H18N4O2/c14-12(18)8-4-9(13(15)19)6-11(5-8)17-7-10-2-1-3-16-10/h4-6,10,16-17H,1-3,7H2,(H2,14,18)(H2,15,19). The Kier molecular flexibility index (Phi) is 4.01. The van der Waals surface area contributed by atoms with E-state index in [4.69, 9.17) is 11.5 Å². The number of carbonyl (C=O) groups is 2. The molecule has 102 valence electrons. The minimum absolute atomic E-state index is 0.276. The van der Waals surface area contributed by atoms with E-state index in [0.717, 1.165) is 19.5 Å². The molecule has 1 aromatic carbocycles. The minimum Gasteiger partial charge on any atom is -0.383 e. The number of carbonyl (C=O) groups excluding carboxylic acids is 2. The molecule has 0 spiro atoms. The molecular formula is C13H18N4O2. The van der Waals surface area contributed by atoms with Gasteiger partial charge in [-0.05, 0) is 37.6 Å². The maximum absolute atomic E-state index is 11.2. The third-order valence-electron chi connectivity index (χ3n) is 3.22. The van der Waals surface area contributed by atoms with Crippen molar-refractivity contribution in [2.45, 2.75) is 18.9 Å². The maximum Gasteiger partial charge on any atom is 0.248 e. The monoisotopic (exact) mass is 262 g/mol. The molecule has 6 N–H and O–H groups in total. The quantitative estimate of drug-likeness (QED) is 0.601. The lowest BCUT2D eigenvalue weighted by Crippen LogP contribution is -2.29. The number of nitrogens with two attached hydrogens (primary N) is 2. The van der Waals surface area contributed by atoms with Crippen LogP contribution in [0.15, 0.2) is 18.2 Å². The van der Waals surface area contributed by atoms with Crippen molar-refractivity contribution in [3.63, 3.8) is 0 Å². The van der Waals surface area contributed by atoms with Crippen LogP contribution in [0.5, 0.6) is 0 Å². The lowest BCUT2D eigenvalue weighted by atomic mass is 10.1. The van der Waals surface area contributed by atoms with Crippen LogP contribution in [0.4, 0.5) is 5.69 Å². The van der Waals surface area contributed by atoms with Crippen LogP contribution in [-0.4, -0.2) is 30.9 Å². The van der Waals surface area contributed by atoms with Crippen LogP contribution in [0, 0.1) is 0 Å². The van der Waals surface area contributed by atoms with Gasteiger partial charge in [-0.2, -0.15) is 0 Å². The van der Waals surface area contributed by atoms with Crippen LogP contribution in [-0.2, 0) is 0 Å². The Morgan fingerprint density at radius 2 is 1.84 bits per heavy atom. The average Bonchev–Trinajstić information content (AvgIpc) is 2.89. The van der Waals surface area contributed by atoms with E-state index in [2.05, 4.69) is 10.6 Å². The Bertz CT molecular complexity index is 463. The summed E-state index contributed by atoms with van der Waals surface area (Å²) in [5, 5.41) is 6.55. The summed E-state index contributed by atoms with van der Waals surface area (Å²) in [6, 6.07) is 5.08. The van der Waals surface area contributed by atoms with Gasteiger partial charge in [0.1, 0.15) is 0 Å². The lowest BCUT2D eigenvalue weighted by molar-refractivity contribution is 0.0999. The summed E-state index contributed by atoms with van der Waals surface area (Å²) in [7, 11) is 0. The highest BCUT2D eigenvalue weighted by atomic mass is 16.1. The number of anilines is 1. The fourth-order valence-corrected chi connectivity index (χ4v) is 2.19. The van der Waals surface area contributed by atoms with Gasteiger partial charge in [0, 0.05) is 29.4 Å². The first-order chi connectivity index (χ1) is 9.06. The molecule has 0 bridgehead atoms. The first kappa shape index (κ1) is 13.4. The first-order valence-electron chi connectivity index (χ1n) is 6.28. The topological polar surface area (TPSA) is 110 Å². The number of nitrogens with one attached hydrogen (secondary N) is 2. The van der Waals surface area contributed by atoms with Crippen LogP contribution >= 0.6 is 0 Å². The van der Waals surface area contributed by atoms with Gasteiger partial charge in [0.05, 0.1) is 0 Å². The fourth-order valence-electron chi connectivity index (χ4n) is 2.19. The van der Waals surface area contributed by atoms with Crippen molar-refractivity contribution in [3.8, 4) is 0 Å². The number of benzene rings is 1. The molecule has 6 nitrogen and oxygen atoms in total. The second kappa shape index (κ2) is 5.71. The highest BCUT2D eigenvalue weighted by molar-refractivity contribution is 5.99. The van der Waals surface area contributed by atoms with Crippen LogP contribution in [0.25, 0.3) is 0 Å². The van der Waals surface area contributed by atoms with Crippen molar-refractivity contribution < 1.29 is 9.59 Å². The van der Waals surface area contributed by atoms with Crippen molar-refractivity contribution in [1.82, 2.24) is 5.32 Å². The number of hydrogen-bond acceptors (Lipinski definition) is 4. The highest BCUT2D eigenvalue weighted by Gasteiger charge is 2.14. The molecule has 1 saturated heterocycles. The summed E-state index contributed by atoms with van der Waals surface area (Å²) in [4.78, 5) is 22.4. The third kappa shape index (κ3) is 3.45. The molecule has 1 fully saturated rings. The van der Waals surface area contributed by atoms with E-state index in [1.54, 1.807) is 12.1 Å². The van der Waals surface area contributed by atoms with Gasteiger partial charge < -0.3 is 22.1 Å². The normalized spacial score (nSPS) is 18.2. The minimum atomic E-state index is -0.579. The molecule has 1 aliphatic rings. The average molecular weight is 262 g/mol. The molecule has 1 atom stereocenters. The molecular weight excluding hydrogens is 244 g/mol. The van der Waals surface area contributed by atoms with E-state index in [1.807, 2.05) is 0 Å². The van der Waals surface area contributed by atoms with E-state index < -0.39 is 11.8 Å². The summed E-state index contributed by atoms with van der Waals surface area (Å²) in [5.74, 6) is -1.16. The second-order valence-corrected chi connectivity index (χ2v) is 4.70. The molecule has 1 aliphatic heterocycles. The Balaban J connectivity index is 2.13. The Labute approximate surface area is 111 Å². The van der Waals surface area contributed by atoms with Gasteiger partial charge >= 0.3 is 0 Å². The number of rotatable bonds is 5. The maximum atomic E-state index is 11.2. The zero-order valence-electron chi connectivity index (χ0n) is 10.6. The molecule has 1 unspecified atom stereocenters. The van der Waals surface area contributed by atoms with E-state index >= 15 is 0 Å². The van der Waals surface area contributed by atoms with Gasteiger partial charge in [0.2, 0.25) is 11.8 Å². The lowest BCUT2D eigenvalue weighted by Gasteiger charge is -2.13. The summed E-state index contributed by atoms with van der Waals surface area (Å²) in [6.07, 6.45) is 2.28. The summed E-state index contributed by atoms with van der Waals surface area (Å²) < 4.78 is 0. The zero-order chi connectivity index (χ0) is 13.8. The fraction of sp³-hybridized carbons (Fsp3) is 0.385. The first-order valence-corrected chi connectivity index (χ1v) is 6.28. The Morgan fingerprint density at radius 3 is 2.32 bits per heavy atom. The largest absolute Gasteiger partial charge is 0.383 e. The molecule has 19 heavy (non-hydrogen) atoms. The zero-order valence-corrected chi connectivity index (χ0v) is 10.6. The molecule has 2 rings (SSSR count). The van der Waals surface area contributed by atoms with E-state index in [0.29, 0.717) is 11.7 Å². The predicted molar refractivity (Wildman–Crippen MR) is 73.0 cm³/mol. The third-order valence-corrected chi connectivity index (χ3v) is 3.22. The number of amides is 2. The van der Waals surface area contributed by atoms with Crippen molar-refractivity contribution in [3.05, 3.63) is 29.3 Å². The van der Waals surface area contributed by atoms with Crippen LogP contribution < -0.4 is 22.1 Å². The van der Waals surface area contributed by atoms with Gasteiger partial charge in [-0.1, -0.05) is 0 Å².